The van der Waals surface area contributed by atoms with E-state index in [4.69, 9.17) is 4.74 Å². The van der Waals surface area contributed by atoms with Crippen molar-refractivity contribution >= 4 is 34.7 Å². The van der Waals surface area contributed by atoms with Crippen LogP contribution in [0.2, 0.25) is 0 Å². The quantitative estimate of drug-likeness (QED) is 0.459. The number of thiophene rings is 1. The summed E-state index contributed by atoms with van der Waals surface area (Å²) in [7, 11) is 1.61. The molecule has 0 unspecified atom stereocenters. The molecule has 0 radical (unpaired) electrons. The third-order valence-electron chi connectivity index (χ3n) is 4.11. The molecule has 2 aromatic carbocycles. The molecule has 0 saturated heterocycles. The number of amides is 1. The lowest BCUT2D eigenvalue weighted by atomic mass is 10.1. The number of methoxy groups -OCH3 is 1. The smallest absolute Gasteiger partial charge is 0.255 e. The molecule has 0 fully saturated rings. The number of ether oxygens (including phenoxy) is 1. The lowest BCUT2D eigenvalue weighted by Gasteiger charge is -2.09. The molecule has 1 heterocycles. The van der Waals surface area contributed by atoms with Crippen molar-refractivity contribution in [2.75, 3.05) is 24.7 Å². The Morgan fingerprint density at radius 3 is 2.71 bits per heavy atom. The van der Waals surface area contributed by atoms with Crippen molar-refractivity contribution in [2.45, 2.75) is 12.3 Å². The molecule has 0 aliphatic rings. The van der Waals surface area contributed by atoms with E-state index in [9.17, 15) is 4.79 Å². The molecular weight excluding hydrogens is 388 g/mol. The van der Waals surface area contributed by atoms with Gasteiger partial charge in [0.1, 0.15) is 5.75 Å². The third kappa shape index (κ3) is 6.41. The van der Waals surface area contributed by atoms with Crippen molar-refractivity contribution in [2.24, 2.45) is 0 Å². The van der Waals surface area contributed by atoms with Crippen LogP contribution in [0.15, 0.2) is 66.0 Å². The largest absolute Gasteiger partial charge is 0.497 e. The minimum Gasteiger partial charge on any atom is -0.497 e. The van der Waals surface area contributed by atoms with Crippen molar-refractivity contribution in [3.05, 3.63) is 82.0 Å². The fraction of sp³-hybridized carbons (Fsp3) is 0.227. The van der Waals surface area contributed by atoms with Gasteiger partial charge in [-0.3, -0.25) is 4.79 Å². The fourth-order valence-corrected chi connectivity index (χ4v) is 4.39. The van der Waals surface area contributed by atoms with E-state index in [2.05, 4.69) is 34.2 Å². The van der Waals surface area contributed by atoms with E-state index in [1.807, 2.05) is 41.3 Å². The Morgan fingerprint density at radius 1 is 1.11 bits per heavy atom. The van der Waals surface area contributed by atoms with Crippen molar-refractivity contribution in [1.82, 2.24) is 5.32 Å². The Hall–Kier alpha value is -2.28. The molecule has 0 saturated carbocycles. The van der Waals surface area contributed by atoms with Crippen LogP contribution in [-0.2, 0) is 12.3 Å². The summed E-state index contributed by atoms with van der Waals surface area (Å²) in [6.45, 7) is 1.74. The molecule has 28 heavy (non-hydrogen) atoms. The van der Waals surface area contributed by atoms with Gasteiger partial charge in [0.2, 0.25) is 0 Å². The molecule has 1 amide bonds. The molecule has 6 heteroatoms. The molecule has 146 valence electrons. The van der Waals surface area contributed by atoms with Crippen molar-refractivity contribution in [3.63, 3.8) is 0 Å². The number of anilines is 1. The van der Waals surface area contributed by atoms with Crippen LogP contribution < -0.4 is 15.4 Å². The second-order valence-electron chi connectivity index (χ2n) is 6.19. The molecule has 0 spiro atoms. The average molecular weight is 413 g/mol. The summed E-state index contributed by atoms with van der Waals surface area (Å²) in [5, 5.41) is 8.53. The second kappa shape index (κ2) is 10.9. The summed E-state index contributed by atoms with van der Waals surface area (Å²) in [6.07, 6.45) is 0. The van der Waals surface area contributed by atoms with Crippen molar-refractivity contribution < 1.29 is 9.53 Å². The van der Waals surface area contributed by atoms with Gasteiger partial charge in [0.15, 0.2) is 0 Å². The topological polar surface area (TPSA) is 50.4 Å². The minimum atomic E-state index is -0.127. The summed E-state index contributed by atoms with van der Waals surface area (Å²) < 4.78 is 5.12. The van der Waals surface area contributed by atoms with Crippen molar-refractivity contribution in [1.29, 1.82) is 0 Å². The Bertz CT molecular complexity index is 865. The Labute approximate surface area is 174 Å². The van der Waals surface area contributed by atoms with Crippen LogP contribution in [0.5, 0.6) is 5.75 Å². The van der Waals surface area contributed by atoms with E-state index >= 15 is 0 Å². The highest BCUT2D eigenvalue weighted by molar-refractivity contribution is 7.98. The van der Waals surface area contributed by atoms with E-state index in [0.717, 1.165) is 41.6 Å². The first kappa shape index (κ1) is 20.5. The summed E-state index contributed by atoms with van der Waals surface area (Å²) in [5.74, 6) is 2.76. The summed E-state index contributed by atoms with van der Waals surface area (Å²) in [6, 6.07) is 19.3. The summed E-state index contributed by atoms with van der Waals surface area (Å²) in [5.41, 5.74) is 2.55. The maximum absolute atomic E-state index is 12.4. The van der Waals surface area contributed by atoms with E-state index < -0.39 is 0 Å². The highest BCUT2D eigenvalue weighted by Gasteiger charge is 2.06. The number of carbonyl (C=O) groups is 1. The molecule has 3 rings (SSSR count). The molecule has 0 bridgehead atoms. The monoisotopic (exact) mass is 412 g/mol. The molecule has 2 N–H and O–H groups in total. The predicted molar refractivity (Wildman–Crippen MR) is 120 cm³/mol. The normalized spacial score (nSPS) is 10.6. The van der Waals surface area contributed by atoms with Crippen LogP contribution in [0.1, 0.15) is 20.8 Å². The van der Waals surface area contributed by atoms with E-state index in [-0.39, 0.29) is 5.91 Å². The molecule has 0 atom stereocenters. The summed E-state index contributed by atoms with van der Waals surface area (Å²) in [4.78, 5) is 13.8. The second-order valence-corrected chi connectivity index (χ2v) is 8.33. The van der Waals surface area contributed by atoms with Crippen LogP contribution in [0, 0.1) is 0 Å². The first-order chi connectivity index (χ1) is 13.7. The number of rotatable bonds is 10. The van der Waals surface area contributed by atoms with Crippen LogP contribution in [0.25, 0.3) is 0 Å². The zero-order valence-electron chi connectivity index (χ0n) is 15.8. The van der Waals surface area contributed by atoms with Gasteiger partial charge in [-0.15, -0.1) is 11.3 Å². The van der Waals surface area contributed by atoms with E-state index in [0.29, 0.717) is 5.56 Å². The van der Waals surface area contributed by atoms with Gasteiger partial charge in [0, 0.05) is 40.7 Å². The predicted octanol–water partition coefficient (Wildman–Crippen LogP) is 5.03. The van der Waals surface area contributed by atoms with Crippen LogP contribution in [-0.4, -0.2) is 25.3 Å². The molecule has 1 aromatic heterocycles. The van der Waals surface area contributed by atoms with Gasteiger partial charge in [0.25, 0.3) is 5.91 Å². The summed E-state index contributed by atoms with van der Waals surface area (Å²) >= 11 is 3.75. The van der Waals surface area contributed by atoms with Gasteiger partial charge in [-0.05, 0) is 53.4 Å². The number of benzene rings is 2. The number of nitrogens with one attached hydrogen (secondary N) is 2. The zero-order chi connectivity index (χ0) is 19.6. The van der Waals surface area contributed by atoms with Crippen LogP contribution >= 0.6 is 23.1 Å². The Kier molecular flexibility index (Phi) is 7.96. The van der Waals surface area contributed by atoms with Gasteiger partial charge in [-0.2, -0.15) is 11.8 Å². The van der Waals surface area contributed by atoms with E-state index in [1.165, 1.54) is 4.88 Å². The van der Waals surface area contributed by atoms with Gasteiger partial charge in [-0.25, -0.2) is 0 Å². The molecule has 4 nitrogen and oxygen atoms in total. The first-order valence-electron chi connectivity index (χ1n) is 9.10. The lowest BCUT2D eigenvalue weighted by Crippen LogP contribution is -2.17. The van der Waals surface area contributed by atoms with Gasteiger partial charge >= 0.3 is 0 Å². The maximum Gasteiger partial charge on any atom is 0.255 e. The first-order valence-corrected chi connectivity index (χ1v) is 11.1. The third-order valence-corrected chi connectivity index (χ3v) is 6.18. The molecule has 0 aliphatic carbocycles. The fourth-order valence-electron chi connectivity index (χ4n) is 2.65. The van der Waals surface area contributed by atoms with E-state index in [1.54, 1.807) is 31.4 Å². The number of hydrogen-bond acceptors (Lipinski definition) is 5. The highest BCUT2D eigenvalue weighted by Crippen LogP contribution is 2.17. The Morgan fingerprint density at radius 2 is 1.96 bits per heavy atom. The molecular formula is C22H24N2O2S2. The van der Waals surface area contributed by atoms with Crippen LogP contribution in [0.4, 0.5) is 5.69 Å². The SMILES string of the molecule is COc1ccc(C(=O)Nc2cccc(CNCCSCc3cccs3)c2)cc1. The number of thioether (sulfide) groups is 1. The standard InChI is InChI=1S/C22H24N2O2S2/c1-26-20-9-7-18(8-10-20)22(25)24-19-5-2-4-17(14-19)15-23-11-13-27-16-21-6-3-12-28-21/h2-10,12,14,23H,11,13,15-16H2,1H3,(H,24,25). The number of carbonyl (C=O) groups excluding carboxylic acids is 1. The highest BCUT2D eigenvalue weighted by atomic mass is 32.2. The van der Waals surface area contributed by atoms with Gasteiger partial charge in [-0.1, -0.05) is 18.2 Å². The van der Waals surface area contributed by atoms with Crippen molar-refractivity contribution in [3.8, 4) is 5.75 Å². The molecule has 3 aromatic rings. The Balaban J connectivity index is 1.42. The average Bonchev–Trinajstić information content (AvgIpc) is 3.24. The minimum absolute atomic E-state index is 0.127. The van der Waals surface area contributed by atoms with Gasteiger partial charge in [0.05, 0.1) is 7.11 Å². The zero-order valence-corrected chi connectivity index (χ0v) is 17.4. The van der Waals surface area contributed by atoms with Gasteiger partial charge < -0.3 is 15.4 Å². The van der Waals surface area contributed by atoms with Crippen LogP contribution in [0.3, 0.4) is 0 Å². The number of hydrogen-bond donors (Lipinski definition) is 2. The lowest BCUT2D eigenvalue weighted by molar-refractivity contribution is 0.102. The molecule has 0 aliphatic heterocycles. The maximum atomic E-state index is 12.4.